The Labute approximate surface area is 129 Å². The Hall–Kier alpha value is -3.07. The van der Waals surface area contributed by atoms with E-state index >= 15 is 0 Å². The van der Waals surface area contributed by atoms with Crippen LogP contribution in [0, 0.1) is 11.3 Å². The molecule has 0 saturated carbocycles. The van der Waals surface area contributed by atoms with Crippen molar-refractivity contribution >= 4 is 11.9 Å². The zero-order valence-electron chi connectivity index (χ0n) is 11.6. The quantitative estimate of drug-likeness (QED) is 0.682. The minimum Gasteiger partial charge on any atom is -0.507 e. The van der Waals surface area contributed by atoms with Gasteiger partial charge in [0.25, 0.3) is 0 Å². The van der Waals surface area contributed by atoms with Crippen LogP contribution in [0.25, 0.3) is 6.08 Å². The van der Waals surface area contributed by atoms with Gasteiger partial charge in [0.2, 0.25) is 0 Å². The first-order valence-electron chi connectivity index (χ1n) is 6.44. The van der Waals surface area contributed by atoms with Gasteiger partial charge in [0.15, 0.2) is 5.78 Å². The molecule has 2 aromatic carbocycles. The van der Waals surface area contributed by atoms with Crippen LogP contribution < -0.4 is 0 Å². The van der Waals surface area contributed by atoms with Gasteiger partial charge in [-0.3, -0.25) is 4.79 Å². The first kappa shape index (κ1) is 16.3. The van der Waals surface area contributed by atoms with Crippen molar-refractivity contribution in [1.82, 2.24) is 0 Å². The van der Waals surface area contributed by atoms with E-state index in [-0.39, 0.29) is 5.56 Å². The van der Waals surface area contributed by atoms with Crippen molar-refractivity contribution in [1.29, 1.82) is 5.26 Å². The Kier molecular flexibility index (Phi) is 4.51. The smallest absolute Gasteiger partial charge is 0.419 e. The topological polar surface area (TPSA) is 61.1 Å². The van der Waals surface area contributed by atoms with Crippen molar-refractivity contribution in [2.24, 2.45) is 0 Å². The summed E-state index contributed by atoms with van der Waals surface area (Å²) < 4.78 is 38.1. The van der Waals surface area contributed by atoms with Crippen LogP contribution in [0.3, 0.4) is 0 Å². The molecule has 2 rings (SSSR count). The standard InChI is InChI=1S/C17H10F3NO2/c18-17(19,20)14-9-13(6-8-16(14)23)15(22)7-5-11-1-3-12(10-21)4-2-11/h1-9,23H/b7-5+. The molecule has 0 saturated heterocycles. The molecule has 1 N–H and O–H groups in total. The molecule has 3 nitrogen and oxygen atoms in total. The third-order valence-electron chi connectivity index (χ3n) is 3.05. The number of aromatic hydroxyl groups is 1. The highest BCUT2D eigenvalue weighted by Crippen LogP contribution is 2.36. The number of ketones is 1. The Morgan fingerprint density at radius 2 is 1.78 bits per heavy atom. The van der Waals surface area contributed by atoms with Crippen LogP contribution in [0.1, 0.15) is 27.0 Å². The van der Waals surface area contributed by atoms with Gasteiger partial charge in [-0.25, -0.2) is 0 Å². The summed E-state index contributed by atoms with van der Waals surface area (Å²) in [5, 5.41) is 17.9. The first-order chi connectivity index (χ1) is 10.8. The number of hydrogen-bond donors (Lipinski definition) is 1. The van der Waals surface area contributed by atoms with Gasteiger partial charge in [0.1, 0.15) is 5.75 Å². The molecule has 6 heteroatoms. The number of phenols is 1. The summed E-state index contributed by atoms with van der Waals surface area (Å²) in [5.41, 5.74) is -0.343. The number of nitriles is 1. The Morgan fingerprint density at radius 3 is 2.35 bits per heavy atom. The number of carbonyl (C=O) groups excluding carboxylic acids is 1. The van der Waals surface area contributed by atoms with Crippen molar-refractivity contribution in [2.75, 3.05) is 0 Å². The SMILES string of the molecule is N#Cc1ccc(/C=C/C(=O)c2ccc(O)c(C(F)(F)F)c2)cc1. The first-order valence-corrected chi connectivity index (χ1v) is 6.44. The molecule has 0 radical (unpaired) electrons. The summed E-state index contributed by atoms with van der Waals surface area (Å²) in [5.74, 6) is -1.55. The summed E-state index contributed by atoms with van der Waals surface area (Å²) in [7, 11) is 0. The minimum absolute atomic E-state index is 0.181. The molecule has 0 aliphatic heterocycles. The van der Waals surface area contributed by atoms with Crippen LogP contribution >= 0.6 is 0 Å². The van der Waals surface area contributed by atoms with E-state index in [0.29, 0.717) is 17.2 Å². The predicted molar refractivity (Wildman–Crippen MR) is 77.6 cm³/mol. The van der Waals surface area contributed by atoms with Gasteiger partial charge in [-0.15, -0.1) is 0 Å². The summed E-state index contributed by atoms with van der Waals surface area (Å²) in [6.07, 6.45) is -2.17. The number of carbonyl (C=O) groups is 1. The zero-order chi connectivity index (χ0) is 17.0. The lowest BCUT2D eigenvalue weighted by Gasteiger charge is -2.09. The van der Waals surface area contributed by atoms with Gasteiger partial charge in [-0.1, -0.05) is 18.2 Å². The van der Waals surface area contributed by atoms with Gasteiger partial charge in [0.05, 0.1) is 17.2 Å². The highest BCUT2D eigenvalue weighted by atomic mass is 19.4. The second kappa shape index (κ2) is 6.36. The summed E-state index contributed by atoms with van der Waals surface area (Å²) in [6, 6.07) is 10.9. The van der Waals surface area contributed by atoms with Gasteiger partial charge in [0, 0.05) is 5.56 Å². The number of alkyl halides is 3. The molecule has 0 aliphatic carbocycles. The van der Waals surface area contributed by atoms with Crippen molar-refractivity contribution in [3.8, 4) is 11.8 Å². The Balaban J connectivity index is 2.23. The maximum absolute atomic E-state index is 12.7. The molecular weight excluding hydrogens is 307 g/mol. The van der Waals surface area contributed by atoms with E-state index in [4.69, 9.17) is 5.26 Å². The van der Waals surface area contributed by atoms with Crippen LogP contribution in [0.15, 0.2) is 48.5 Å². The maximum atomic E-state index is 12.7. The highest BCUT2D eigenvalue weighted by molar-refractivity contribution is 6.07. The number of benzene rings is 2. The largest absolute Gasteiger partial charge is 0.507 e. The lowest BCUT2D eigenvalue weighted by molar-refractivity contribution is -0.138. The van der Waals surface area contributed by atoms with E-state index in [1.54, 1.807) is 24.3 Å². The van der Waals surface area contributed by atoms with E-state index in [9.17, 15) is 23.1 Å². The lowest BCUT2D eigenvalue weighted by atomic mass is 10.0. The molecule has 0 fully saturated rings. The van der Waals surface area contributed by atoms with Crippen molar-refractivity contribution in [3.05, 3.63) is 70.8 Å². The molecule has 116 valence electrons. The second-order valence-corrected chi connectivity index (χ2v) is 4.66. The number of halogens is 3. The number of hydrogen-bond acceptors (Lipinski definition) is 3. The van der Waals surface area contributed by atoms with Crippen LogP contribution in [0.5, 0.6) is 5.75 Å². The van der Waals surface area contributed by atoms with Crippen LogP contribution in [0.2, 0.25) is 0 Å². The third kappa shape index (κ3) is 3.98. The zero-order valence-corrected chi connectivity index (χ0v) is 11.6. The maximum Gasteiger partial charge on any atom is 0.419 e. The summed E-state index contributed by atoms with van der Waals surface area (Å²) >= 11 is 0. The summed E-state index contributed by atoms with van der Waals surface area (Å²) in [6.45, 7) is 0. The van der Waals surface area contributed by atoms with E-state index in [1.807, 2.05) is 6.07 Å². The normalized spacial score (nSPS) is 11.4. The molecule has 0 unspecified atom stereocenters. The number of phenolic OH excluding ortho intramolecular Hbond substituents is 1. The molecule has 0 atom stereocenters. The Morgan fingerprint density at radius 1 is 1.13 bits per heavy atom. The number of nitrogens with zero attached hydrogens (tertiary/aromatic N) is 1. The average Bonchev–Trinajstić information content (AvgIpc) is 2.52. The minimum atomic E-state index is -4.74. The molecule has 0 heterocycles. The van der Waals surface area contributed by atoms with Crippen molar-refractivity contribution in [2.45, 2.75) is 6.18 Å². The van der Waals surface area contributed by atoms with Crippen molar-refractivity contribution < 1.29 is 23.1 Å². The molecule has 0 aromatic heterocycles. The predicted octanol–water partition coefficient (Wildman–Crippen LogP) is 4.18. The molecule has 0 bridgehead atoms. The Bertz CT molecular complexity index is 800. The fraction of sp³-hybridized carbons (Fsp3) is 0.0588. The lowest BCUT2D eigenvalue weighted by Crippen LogP contribution is -2.07. The van der Waals surface area contributed by atoms with E-state index < -0.39 is 23.3 Å². The monoisotopic (exact) mass is 317 g/mol. The highest BCUT2D eigenvalue weighted by Gasteiger charge is 2.34. The third-order valence-corrected chi connectivity index (χ3v) is 3.05. The molecule has 0 amide bonds. The van der Waals surface area contributed by atoms with Gasteiger partial charge >= 0.3 is 6.18 Å². The van der Waals surface area contributed by atoms with Crippen molar-refractivity contribution in [3.63, 3.8) is 0 Å². The van der Waals surface area contributed by atoms with Crippen LogP contribution in [0.4, 0.5) is 13.2 Å². The number of rotatable bonds is 3. The van der Waals surface area contributed by atoms with Crippen LogP contribution in [-0.2, 0) is 6.18 Å². The van der Waals surface area contributed by atoms with Crippen LogP contribution in [-0.4, -0.2) is 10.9 Å². The van der Waals surface area contributed by atoms with E-state index in [1.165, 1.54) is 6.08 Å². The fourth-order valence-electron chi connectivity index (χ4n) is 1.85. The van der Waals surface area contributed by atoms with Gasteiger partial charge < -0.3 is 5.11 Å². The van der Waals surface area contributed by atoms with Gasteiger partial charge in [-0.05, 0) is 42.0 Å². The molecule has 2 aromatic rings. The molecule has 23 heavy (non-hydrogen) atoms. The van der Waals surface area contributed by atoms with E-state index in [0.717, 1.165) is 18.2 Å². The molecule has 0 aliphatic rings. The number of allylic oxidation sites excluding steroid dienone is 1. The van der Waals surface area contributed by atoms with Gasteiger partial charge in [-0.2, -0.15) is 18.4 Å². The second-order valence-electron chi connectivity index (χ2n) is 4.66. The average molecular weight is 317 g/mol. The fourth-order valence-corrected chi connectivity index (χ4v) is 1.85. The summed E-state index contributed by atoms with van der Waals surface area (Å²) in [4.78, 5) is 11.9. The van der Waals surface area contributed by atoms with E-state index in [2.05, 4.69) is 0 Å². The molecule has 0 spiro atoms. The molecular formula is C17H10F3NO2.